The lowest BCUT2D eigenvalue weighted by Crippen LogP contribution is -2.19. The fourth-order valence-corrected chi connectivity index (χ4v) is 4.33. The monoisotopic (exact) mass is 310 g/mol. The maximum Gasteiger partial charge on any atom is 0.195 e. The van der Waals surface area contributed by atoms with E-state index in [1.165, 1.54) is 19.3 Å². The normalized spacial score (nSPS) is 16.2. The number of benzene rings is 2. The fourth-order valence-electron chi connectivity index (χ4n) is 3.23. The fraction of sp³-hybridized carbons (Fsp3) is 0.316. The minimum Gasteiger partial charge on any atom is -0.490 e. The van der Waals surface area contributed by atoms with Crippen molar-refractivity contribution >= 4 is 31.5 Å². The van der Waals surface area contributed by atoms with Crippen LogP contribution >= 0.6 is 11.3 Å². The quantitative estimate of drug-likeness (QED) is 0.614. The Morgan fingerprint density at radius 3 is 2.55 bits per heavy atom. The Morgan fingerprint density at radius 1 is 0.909 bits per heavy atom. The smallest absolute Gasteiger partial charge is 0.195 e. The SMILES string of the molecule is O=c1c2ccccc2sc2cc(OC3CCCCC3)ccc12. The Kier molecular flexibility index (Phi) is 3.59. The maximum absolute atomic E-state index is 12.6. The van der Waals surface area contributed by atoms with Crippen molar-refractivity contribution in [2.45, 2.75) is 38.2 Å². The van der Waals surface area contributed by atoms with Gasteiger partial charge in [0.15, 0.2) is 5.43 Å². The molecule has 2 aromatic carbocycles. The summed E-state index contributed by atoms with van der Waals surface area (Å²) in [6.07, 6.45) is 6.47. The predicted molar refractivity (Wildman–Crippen MR) is 93.1 cm³/mol. The van der Waals surface area contributed by atoms with Crippen LogP contribution in [0.5, 0.6) is 5.75 Å². The van der Waals surface area contributed by atoms with Gasteiger partial charge in [0.25, 0.3) is 0 Å². The third-order valence-corrected chi connectivity index (χ3v) is 5.54. The van der Waals surface area contributed by atoms with E-state index in [-0.39, 0.29) is 5.43 Å². The molecule has 0 atom stereocenters. The summed E-state index contributed by atoms with van der Waals surface area (Å²) < 4.78 is 8.17. The minimum absolute atomic E-state index is 0.119. The van der Waals surface area contributed by atoms with E-state index in [1.807, 2.05) is 42.5 Å². The molecule has 1 aliphatic rings. The first-order chi connectivity index (χ1) is 10.8. The van der Waals surface area contributed by atoms with Crippen molar-refractivity contribution in [1.29, 1.82) is 0 Å². The van der Waals surface area contributed by atoms with Crippen molar-refractivity contribution < 1.29 is 4.74 Å². The zero-order chi connectivity index (χ0) is 14.9. The van der Waals surface area contributed by atoms with Crippen molar-refractivity contribution in [3.05, 3.63) is 52.7 Å². The van der Waals surface area contributed by atoms with Crippen LogP contribution in [0.2, 0.25) is 0 Å². The van der Waals surface area contributed by atoms with Crippen LogP contribution in [0.4, 0.5) is 0 Å². The van der Waals surface area contributed by atoms with Gasteiger partial charge in [0.1, 0.15) is 5.75 Å². The van der Waals surface area contributed by atoms with Crippen molar-refractivity contribution in [3.8, 4) is 5.75 Å². The largest absolute Gasteiger partial charge is 0.490 e. The van der Waals surface area contributed by atoms with Crippen LogP contribution in [0.1, 0.15) is 32.1 Å². The van der Waals surface area contributed by atoms with Gasteiger partial charge in [-0.05, 0) is 56.0 Å². The van der Waals surface area contributed by atoms with E-state index >= 15 is 0 Å². The molecule has 0 radical (unpaired) electrons. The average molecular weight is 310 g/mol. The predicted octanol–water partition coefficient (Wildman–Crippen LogP) is 5.13. The van der Waals surface area contributed by atoms with Crippen molar-refractivity contribution in [2.75, 3.05) is 0 Å². The van der Waals surface area contributed by atoms with Gasteiger partial charge >= 0.3 is 0 Å². The summed E-state index contributed by atoms with van der Waals surface area (Å²) in [5.41, 5.74) is 0.119. The topological polar surface area (TPSA) is 26.3 Å². The molecular weight excluding hydrogens is 292 g/mol. The highest BCUT2D eigenvalue weighted by molar-refractivity contribution is 7.24. The highest BCUT2D eigenvalue weighted by Gasteiger charge is 2.15. The summed E-state index contributed by atoms with van der Waals surface area (Å²) >= 11 is 1.66. The molecule has 1 aliphatic carbocycles. The van der Waals surface area contributed by atoms with Crippen LogP contribution < -0.4 is 10.2 Å². The van der Waals surface area contributed by atoms with Gasteiger partial charge in [0.2, 0.25) is 0 Å². The van der Waals surface area contributed by atoms with E-state index < -0.39 is 0 Å². The van der Waals surface area contributed by atoms with E-state index in [2.05, 4.69) is 0 Å². The van der Waals surface area contributed by atoms with E-state index in [0.29, 0.717) is 6.10 Å². The molecule has 0 bridgehead atoms. The number of hydrogen-bond donors (Lipinski definition) is 0. The average Bonchev–Trinajstić information content (AvgIpc) is 2.56. The molecule has 0 aliphatic heterocycles. The standard InChI is InChI=1S/C19H18O2S/c20-19-15-8-4-5-9-17(15)22-18-12-14(10-11-16(18)19)21-13-6-2-1-3-7-13/h4-5,8-13H,1-3,6-7H2. The first-order valence-corrected chi connectivity index (χ1v) is 8.75. The van der Waals surface area contributed by atoms with Gasteiger partial charge < -0.3 is 4.74 Å². The molecule has 4 rings (SSSR count). The summed E-state index contributed by atoms with van der Waals surface area (Å²) in [5.74, 6) is 0.894. The molecule has 0 saturated heterocycles. The third kappa shape index (κ3) is 2.50. The molecule has 1 saturated carbocycles. The van der Waals surface area contributed by atoms with Gasteiger partial charge in [-0.15, -0.1) is 11.3 Å². The zero-order valence-electron chi connectivity index (χ0n) is 12.4. The molecule has 1 fully saturated rings. The summed E-state index contributed by atoms with van der Waals surface area (Å²) in [6.45, 7) is 0. The molecule has 1 heterocycles. The third-order valence-electron chi connectivity index (χ3n) is 4.40. The molecule has 0 unspecified atom stereocenters. The van der Waals surface area contributed by atoms with E-state index in [9.17, 15) is 4.79 Å². The Balaban J connectivity index is 1.76. The Morgan fingerprint density at radius 2 is 1.68 bits per heavy atom. The maximum atomic E-state index is 12.6. The second-order valence-electron chi connectivity index (χ2n) is 5.96. The first-order valence-electron chi connectivity index (χ1n) is 7.93. The highest BCUT2D eigenvalue weighted by atomic mass is 32.1. The molecule has 3 heteroatoms. The number of fused-ring (bicyclic) bond motifs is 2. The second-order valence-corrected chi connectivity index (χ2v) is 7.05. The second kappa shape index (κ2) is 5.73. The van der Waals surface area contributed by atoms with Gasteiger partial charge in [-0.25, -0.2) is 0 Å². The Labute approximate surface area is 133 Å². The lowest BCUT2D eigenvalue weighted by atomic mass is 9.98. The highest BCUT2D eigenvalue weighted by Crippen LogP contribution is 2.29. The van der Waals surface area contributed by atoms with Crippen LogP contribution in [0.25, 0.3) is 20.2 Å². The van der Waals surface area contributed by atoms with Crippen molar-refractivity contribution in [2.24, 2.45) is 0 Å². The number of hydrogen-bond acceptors (Lipinski definition) is 3. The molecule has 2 nitrogen and oxygen atoms in total. The molecule has 22 heavy (non-hydrogen) atoms. The molecular formula is C19H18O2S. The molecule has 3 aromatic rings. The molecule has 0 N–H and O–H groups in total. The Bertz CT molecular complexity index is 875. The number of rotatable bonds is 2. The summed E-state index contributed by atoms with van der Waals surface area (Å²) in [4.78, 5) is 12.6. The van der Waals surface area contributed by atoms with Crippen LogP contribution in [-0.4, -0.2) is 6.10 Å². The van der Waals surface area contributed by atoms with Crippen LogP contribution in [0.3, 0.4) is 0 Å². The van der Waals surface area contributed by atoms with Crippen LogP contribution in [0.15, 0.2) is 47.3 Å². The van der Waals surface area contributed by atoms with Gasteiger partial charge in [0.05, 0.1) is 6.10 Å². The van der Waals surface area contributed by atoms with Crippen LogP contribution in [0, 0.1) is 0 Å². The lowest BCUT2D eigenvalue weighted by molar-refractivity contribution is 0.155. The van der Waals surface area contributed by atoms with Gasteiger partial charge in [-0.3, -0.25) is 4.79 Å². The first kappa shape index (κ1) is 13.8. The van der Waals surface area contributed by atoms with E-state index in [4.69, 9.17) is 4.74 Å². The molecule has 0 spiro atoms. The van der Waals surface area contributed by atoms with Gasteiger partial charge in [-0.2, -0.15) is 0 Å². The van der Waals surface area contributed by atoms with Crippen molar-refractivity contribution in [3.63, 3.8) is 0 Å². The summed E-state index contributed by atoms with van der Waals surface area (Å²) in [5, 5.41) is 1.60. The zero-order valence-corrected chi connectivity index (χ0v) is 13.2. The van der Waals surface area contributed by atoms with Gasteiger partial charge in [0, 0.05) is 20.2 Å². The summed E-state index contributed by atoms with van der Waals surface area (Å²) in [7, 11) is 0. The van der Waals surface area contributed by atoms with Crippen LogP contribution in [-0.2, 0) is 0 Å². The number of ether oxygens (including phenoxy) is 1. The van der Waals surface area contributed by atoms with Crippen molar-refractivity contribution in [1.82, 2.24) is 0 Å². The van der Waals surface area contributed by atoms with E-state index in [1.54, 1.807) is 11.3 Å². The molecule has 0 amide bonds. The Hall–Kier alpha value is -1.87. The summed E-state index contributed by atoms with van der Waals surface area (Å²) in [6, 6.07) is 13.7. The molecule has 1 aromatic heterocycles. The lowest BCUT2D eigenvalue weighted by Gasteiger charge is -2.23. The molecule has 112 valence electrons. The van der Waals surface area contributed by atoms with Gasteiger partial charge in [-0.1, -0.05) is 18.6 Å². The van der Waals surface area contributed by atoms with E-state index in [0.717, 1.165) is 38.8 Å². The minimum atomic E-state index is 0.119.